The number of nitrogens with one attached hydrogen (secondary N) is 1. The summed E-state index contributed by atoms with van der Waals surface area (Å²) in [5.74, 6) is 0.553. The number of amides is 1. The van der Waals surface area contributed by atoms with Gasteiger partial charge < -0.3 is 10.1 Å². The monoisotopic (exact) mass is 468 g/mol. The molecule has 4 aromatic rings. The third-order valence-electron chi connectivity index (χ3n) is 4.28. The van der Waals surface area contributed by atoms with Crippen molar-refractivity contribution in [1.29, 1.82) is 0 Å². The van der Waals surface area contributed by atoms with E-state index in [2.05, 4.69) is 20.5 Å². The number of non-ortho nitro benzene ring substituents is 1. The first-order valence-electron chi connectivity index (χ1n) is 9.21. The number of ether oxygens (including phenoxy) is 1. The summed E-state index contributed by atoms with van der Waals surface area (Å²) in [6.07, 6.45) is 1.57. The predicted molar refractivity (Wildman–Crippen MR) is 121 cm³/mol. The maximum Gasteiger partial charge on any atom is 0.270 e. The van der Waals surface area contributed by atoms with Gasteiger partial charge in [-0.3, -0.25) is 19.5 Å². The largest absolute Gasteiger partial charge is 0.497 e. The van der Waals surface area contributed by atoms with Gasteiger partial charge in [0.05, 0.1) is 29.2 Å². The number of nitro groups is 1. The fourth-order valence-corrected chi connectivity index (χ4v) is 4.25. The summed E-state index contributed by atoms with van der Waals surface area (Å²) in [6, 6.07) is 13.6. The Morgan fingerprint density at radius 2 is 2.12 bits per heavy atom. The number of hydrogen-bond acceptors (Lipinski definition) is 9. The van der Waals surface area contributed by atoms with Crippen LogP contribution >= 0.6 is 23.1 Å². The van der Waals surface area contributed by atoms with Crippen molar-refractivity contribution in [2.75, 3.05) is 18.2 Å². The van der Waals surface area contributed by atoms with Crippen LogP contribution in [0.3, 0.4) is 0 Å². The molecule has 0 fully saturated rings. The molecule has 0 bridgehead atoms. The van der Waals surface area contributed by atoms with Gasteiger partial charge in [-0.25, -0.2) is 4.98 Å². The zero-order valence-corrected chi connectivity index (χ0v) is 18.3. The lowest BCUT2D eigenvalue weighted by Gasteiger charge is -2.07. The number of nitro benzene ring substituents is 1. The molecular weight excluding hydrogens is 452 g/mol. The van der Waals surface area contributed by atoms with E-state index in [1.165, 1.54) is 35.2 Å². The molecule has 0 aliphatic carbocycles. The Bertz CT molecular complexity index is 1270. The van der Waals surface area contributed by atoms with Gasteiger partial charge in [0.15, 0.2) is 10.3 Å². The summed E-state index contributed by atoms with van der Waals surface area (Å²) < 4.78 is 7.01. The highest BCUT2D eigenvalue weighted by Crippen LogP contribution is 2.28. The summed E-state index contributed by atoms with van der Waals surface area (Å²) >= 11 is 2.48. The first-order chi connectivity index (χ1) is 15.5. The maximum absolute atomic E-state index is 12.4. The Balaban J connectivity index is 1.39. The first-order valence-corrected chi connectivity index (χ1v) is 11.1. The number of rotatable bonds is 8. The molecule has 0 atom stereocenters. The summed E-state index contributed by atoms with van der Waals surface area (Å²) in [4.78, 5) is 27.3. The van der Waals surface area contributed by atoms with Crippen LogP contribution in [0, 0.1) is 10.1 Å². The summed E-state index contributed by atoms with van der Waals surface area (Å²) in [5.41, 5.74) is 1.97. The minimum Gasteiger partial charge on any atom is -0.497 e. The van der Waals surface area contributed by atoms with E-state index in [4.69, 9.17) is 4.74 Å². The van der Waals surface area contributed by atoms with Gasteiger partial charge in [0.2, 0.25) is 5.91 Å². The fourth-order valence-electron chi connectivity index (χ4n) is 2.79. The van der Waals surface area contributed by atoms with Gasteiger partial charge in [-0.05, 0) is 12.1 Å². The van der Waals surface area contributed by atoms with E-state index in [-0.39, 0.29) is 17.3 Å². The number of benzene rings is 2. The van der Waals surface area contributed by atoms with Crippen LogP contribution in [0.4, 0.5) is 10.8 Å². The van der Waals surface area contributed by atoms with E-state index in [0.717, 1.165) is 5.69 Å². The molecule has 12 heteroatoms. The van der Waals surface area contributed by atoms with Crippen molar-refractivity contribution in [3.05, 3.63) is 70.4 Å². The molecule has 0 saturated carbocycles. The van der Waals surface area contributed by atoms with Crippen molar-refractivity contribution in [3.63, 3.8) is 0 Å². The normalized spacial score (nSPS) is 10.7. The van der Waals surface area contributed by atoms with E-state index in [0.29, 0.717) is 27.3 Å². The molecular formula is C20H16N6O4S2. The smallest absolute Gasteiger partial charge is 0.270 e. The minimum atomic E-state index is -0.458. The summed E-state index contributed by atoms with van der Waals surface area (Å²) in [5, 5.41) is 24.4. The van der Waals surface area contributed by atoms with Crippen LogP contribution in [0.2, 0.25) is 0 Å². The van der Waals surface area contributed by atoms with Gasteiger partial charge in [0, 0.05) is 29.1 Å². The predicted octanol–water partition coefficient (Wildman–Crippen LogP) is 4.04. The van der Waals surface area contributed by atoms with Crippen LogP contribution in [0.25, 0.3) is 16.9 Å². The molecule has 10 nitrogen and oxygen atoms in total. The number of methoxy groups -OCH3 is 1. The van der Waals surface area contributed by atoms with Crippen LogP contribution in [0.15, 0.2) is 65.4 Å². The van der Waals surface area contributed by atoms with Gasteiger partial charge in [-0.1, -0.05) is 30.0 Å². The minimum absolute atomic E-state index is 0.0161. The van der Waals surface area contributed by atoms with Gasteiger partial charge in [-0.2, -0.15) is 0 Å². The van der Waals surface area contributed by atoms with Crippen LogP contribution in [0.1, 0.15) is 0 Å². The molecule has 0 radical (unpaired) electrons. The van der Waals surface area contributed by atoms with Crippen molar-refractivity contribution in [2.24, 2.45) is 0 Å². The van der Waals surface area contributed by atoms with Crippen molar-refractivity contribution < 1.29 is 14.5 Å². The van der Waals surface area contributed by atoms with Crippen LogP contribution in [0.5, 0.6) is 5.75 Å². The number of aromatic nitrogens is 4. The summed E-state index contributed by atoms with van der Waals surface area (Å²) in [6.45, 7) is 0. The molecule has 0 spiro atoms. The molecule has 0 aliphatic heterocycles. The van der Waals surface area contributed by atoms with Gasteiger partial charge in [0.1, 0.15) is 12.1 Å². The SMILES string of the molecule is COc1cccc(-n2cnnc2SCC(=O)Nc2nc(-c3cccc([N+](=O)[O-])c3)cs2)c1. The van der Waals surface area contributed by atoms with Gasteiger partial charge >= 0.3 is 0 Å². The molecule has 0 saturated heterocycles. The number of thioether (sulfide) groups is 1. The Kier molecular flexibility index (Phi) is 6.42. The molecule has 2 heterocycles. The zero-order chi connectivity index (χ0) is 22.5. The number of thiazole rings is 1. The topological polar surface area (TPSA) is 125 Å². The second kappa shape index (κ2) is 9.58. The van der Waals surface area contributed by atoms with E-state index >= 15 is 0 Å². The number of hydrogen-bond donors (Lipinski definition) is 1. The lowest BCUT2D eigenvalue weighted by atomic mass is 10.1. The van der Waals surface area contributed by atoms with E-state index in [1.54, 1.807) is 35.5 Å². The van der Waals surface area contributed by atoms with Gasteiger partial charge in [-0.15, -0.1) is 21.5 Å². The summed E-state index contributed by atoms with van der Waals surface area (Å²) in [7, 11) is 1.59. The highest BCUT2D eigenvalue weighted by atomic mass is 32.2. The second-order valence-corrected chi connectivity index (χ2v) is 8.17. The lowest BCUT2D eigenvalue weighted by Crippen LogP contribution is -2.14. The van der Waals surface area contributed by atoms with E-state index in [9.17, 15) is 14.9 Å². The number of anilines is 1. The molecule has 2 aromatic heterocycles. The standard InChI is InChI=1S/C20H16N6O4S2/c1-30-16-7-3-5-14(9-16)25-12-21-24-20(25)32-11-18(27)23-19-22-17(10-31-19)13-4-2-6-15(8-13)26(28)29/h2-10,12H,11H2,1H3,(H,22,23,27). The average molecular weight is 469 g/mol. The van der Waals surface area contributed by atoms with Crippen molar-refractivity contribution >= 4 is 39.8 Å². The molecule has 1 amide bonds. The molecule has 0 aliphatic rings. The van der Waals surface area contributed by atoms with Crippen molar-refractivity contribution in [2.45, 2.75) is 5.16 Å². The molecule has 162 valence electrons. The average Bonchev–Trinajstić information content (AvgIpc) is 3.47. The number of carbonyl (C=O) groups is 1. The van der Waals surface area contributed by atoms with Gasteiger partial charge in [0.25, 0.3) is 5.69 Å². The number of nitrogens with zero attached hydrogens (tertiary/aromatic N) is 5. The van der Waals surface area contributed by atoms with Crippen LogP contribution in [-0.4, -0.2) is 43.4 Å². The Hall–Kier alpha value is -3.77. The van der Waals surface area contributed by atoms with E-state index < -0.39 is 4.92 Å². The third kappa shape index (κ3) is 4.92. The molecule has 4 rings (SSSR count). The van der Waals surface area contributed by atoms with Crippen LogP contribution < -0.4 is 10.1 Å². The van der Waals surface area contributed by atoms with Crippen molar-refractivity contribution in [3.8, 4) is 22.7 Å². The Morgan fingerprint density at radius 3 is 2.94 bits per heavy atom. The Labute approximate surface area is 190 Å². The molecule has 1 N–H and O–H groups in total. The zero-order valence-electron chi connectivity index (χ0n) is 16.7. The Morgan fingerprint density at radius 1 is 1.28 bits per heavy atom. The lowest BCUT2D eigenvalue weighted by molar-refractivity contribution is -0.384. The third-order valence-corrected chi connectivity index (χ3v) is 5.98. The fraction of sp³-hybridized carbons (Fsp3) is 0.100. The molecule has 32 heavy (non-hydrogen) atoms. The highest BCUT2D eigenvalue weighted by Gasteiger charge is 2.14. The maximum atomic E-state index is 12.4. The second-order valence-electron chi connectivity index (χ2n) is 6.37. The molecule has 0 unspecified atom stereocenters. The first kappa shape index (κ1) is 21.5. The van der Waals surface area contributed by atoms with E-state index in [1.807, 2.05) is 24.3 Å². The number of carbonyl (C=O) groups excluding carboxylic acids is 1. The van der Waals surface area contributed by atoms with Crippen molar-refractivity contribution in [1.82, 2.24) is 19.7 Å². The quantitative estimate of drug-likeness (QED) is 0.233. The van der Waals surface area contributed by atoms with Crippen LogP contribution in [-0.2, 0) is 4.79 Å². The highest BCUT2D eigenvalue weighted by molar-refractivity contribution is 7.99. The molecule has 2 aromatic carbocycles.